The number of aromatic nitrogens is 1. The van der Waals surface area contributed by atoms with Gasteiger partial charge in [-0.1, -0.05) is 11.6 Å². The number of hydrogen-bond donors (Lipinski definition) is 1. The summed E-state index contributed by atoms with van der Waals surface area (Å²) in [4.78, 5) is 23.7. The molecule has 0 aliphatic rings. The molecule has 1 atom stereocenters. The van der Waals surface area contributed by atoms with Crippen molar-refractivity contribution in [3.63, 3.8) is 0 Å². The molecule has 4 nitrogen and oxygen atoms in total. The van der Waals surface area contributed by atoms with Crippen molar-refractivity contribution >= 4 is 23.2 Å². The van der Waals surface area contributed by atoms with Crippen LogP contribution in [-0.4, -0.2) is 10.5 Å². The highest BCUT2D eigenvalue weighted by molar-refractivity contribution is 6.30. The number of hydrogen-bond acceptors (Lipinski definition) is 2. The third-order valence-corrected chi connectivity index (χ3v) is 3.03. The SMILES string of the molecule is CC(C(=O)Nc1ccc(F)cc1)n1cc(Cl)ccc1=O. The zero-order valence-corrected chi connectivity index (χ0v) is 11.4. The molecule has 0 saturated carbocycles. The Morgan fingerprint density at radius 2 is 1.90 bits per heavy atom. The second-order valence-electron chi connectivity index (χ2n) is 4.26. The fourth-order valence-corrected chi connectivity index (χ4v) is 1.85. The largest absolute Gasteiger partial charge is 0.324 e. The Morgan fingerprint density at radius 3 is 2.55 bits per heavy atom. The van der Waals surface area contributed by atoms with Crippen LogP contribution in [0.15, 0.2) is 47.4 Å². The Bertz CT molecular complexity index is 682. The minimum absolute atomic E-state index is 0.323. The Morgan fingerprint density at radius 1 is 1.25 bits per heavy atom. The van der Waals surface area contributed by atoms with E-state index in [9.17, 15) is 14.0 Å². The second-order valence-corrected chi connectivity index (χ2v) is 4.70. The molecule has 1 aromatic heterocycles. The number of amides is 1. The molecular weight excluding hydrogens is 283 g/mol. The maximum Gasteiger partial charge on any atom is 0.251 e. The molecule has 20 heavy (non-hydrogen) atoms. The zero-order valence-electron chi connectivity index (χ0n) is 10.6. The molecule has 1 aromatic carbocycles. The van der Waals surface area contributed by atoms with Crippen molar-refractivity contribution in [3.05, 3.63) is 63.8 Å². The lowest BCUT2D eigenvalue weighted by molar-refractivity contribution is -0.118. The molecule has 2 rings (SSSR count). The average molecular weight is 295 g/mol. The lowest BCUT2D eigenvalue weighted by Gasteiger charge is -2.15. The molecule has 1 amide bonds. The molecular formula is C14H12ClFN2O2. The van der Waals surface area contributed by atoms with E-state index in [4.69, 9.17) is 11.6 Å². The third-order valence-electron chi connectivity index (χ3n) is 2.81. The van der Waals surface area contributed by atoms with Gasteiger partial charge in [-0.3, -0.25) is 9.59 Å². The second kappa shape index (κ2) is 5.88. The first-order chi connectivity index (χ1) is 9.47. The van der Waals surface area contributed by atoms with Crippen LogP contribution in [0.1, 0.15) is 13.0 Å². The zero-order chi connectivity index (χ0) is 14.7. The first kappa shape index (κ1) is 14.3. The van der Waals surface area contributed by atoms with E-state index in [1.54, 1.807) is 6.92 Å². The molecule has 1 heterocycles. The standard InChI is InChI=1S/C14H12ClFN2O2/c1-9(18-8-10(15)2-7-13(18)19)14(20)17-12-5-3-11(16)4-6-12/h2-9H,1H3,(H,17,20). The van der Waals surface area contributed by atoms with Crippen LogP contribution in [0, 0.1) is 5.82 Å². The van der Waals surface area contributed by atoms with Crippen molar-refractivity contribution in [2.75, 3.05) is 5.32 Å². The topological polar surface area (TPSA) is 51.1 Å². The van der Waals surface area contributed by atoms with Crippen molar-refractivity contribution in [1.82, 2.24) is 4.57 Å². The summed E-state index contributed by atoms with van der Waals surface area (Å²) in [6, 6.07) is 7.40. The van der Waals surface area contributed by atoms with E-state index >= 15 is 0 Å². The number of pyridine rings is 1. The van der Waals surface area contributed by atoms with Gasteiger partial charge in [0.15, 0.2) is 0 Å². The van der Waals surface area contributed by atoms with Gasteiger partial charge in [-0.15, -0.1) is 0 Å². The fourth-order valence-electron chi connectivity index (χ4n) is 1.69. The quantitative estimate of drug-likeness (QED) is 0.946. The minimum atomic E-state index is -0.730. The molecule has 0 fully saturated rings. The van der Waals surface area contributed by atoms with Crippen molar-refractivity contribution < 1.29 is 9.18 Å². The summed E-state index contributed by atoms with van der Waals surface area (Å²) in [5, 5.41) is 2.97. The van der Waals surface area contributed by atoms with Crippen LogP contribution in [0.3, 0.4) is 0 Å². The summed E-state index contributed by atoms with van der Waals surface area (Å²) < 4.78 is 14.0. The van der Waals surface area contributed by atoms with Gasteiger partial charge in [-0.25, -0.2) is 4.39 Å². The van der Waals surface area contributed by atoms with Crippen LogP contribution in [0.4, 0.5) is 10.1 Å². The van der Waals surface area contributed by atoms with Crippen LogP contribution in [0.25, 0.3) is 0 Å². The number of carbonyl (C=O) groups is 1. The van der Waals surface area contributed by atoms with Crippen LogP contribution in [0.5, 0.6) is 0 Å². The van der Waals surface area contributed by atoms with E-state index < -0.39 is 6.04 Å². The Labute approximate surface area is 119 Å². The van der Waals surface area contributed by atoms with E-state index in [-0.39, 0.29) is 17.3 Å². The van der Waals surface area contributed by atoms with Gasteiger partial charge in [0.1, 0.15) is 11.9 Å². The van der Waals surface area contributed by atoms with E-state index in [0.717, 1.165) is 0 Å². The van der Waals surface area contributed by atoms with Gasteiger partial charge >= 0.3 is 0 Å². The third kappa shape index (κ3) is 3.24. The number of carbonyl (C=O) groups excluding carboxylic acids is 1. The van der Waals surface area contributed by atoms with Crippen molar-refractivity contribution in [1.29, 1.82) is 0 Å². The van der Waals surface area contributed by atoms with Crippen LogP contribution < -0.4 is 10.9 Å². The number of halogens is 2. The average Bonchev–Trinajstić information content (AvgIpc) is 2.43. The lowest BCUT2D eigenvalue weighted by atomic mass is 10.2. The summed E-state index contributed by atoms with van der Waals surface area (Å²) >= 11 is 5.81. The first-order valence-electron chi connectivity index (χ1n) is 5.91. The fraction of sp³-hybridized carbons (Fsp3) is 0.143. The summed E-state index contributed by atoms with van der Waals surface area (Å²) in [5.41, 5.74) is 0.134. The Balaban J connectivity index is 2.18. The predicted molar refractivity (Wildman–Crippen MR) is 75.5 cm³/mol. The summed E-state index contributed by atoms with van der Waals surface area (Å²) in [5.74, 6) is -0.775. The number of rotatable bonds is 3. The molecule has 1 unspecified atom stereocenters. The molecule has 1 N–H and O–H groups in total. The van der Waals surface area contributed by atoms with Gasteiger partial charge in [0, 0.05) is 18.0 Å². The molecule has 0 aliphatic heterocycles. The highest BCUT2D eigenvalue weighted by atomic mass is 35.5. The van der Waals surface area contributed by atoms with E-state index in [0.29, 0.717) is 10.7 Å². The lowest BCUT2D eigenvalue weighted by Crippen LogP contribution is -2.30. The minimum Gasteiger partial charge on any atom is -0.324 e. The summed E-state index contributed by atoms with van der Waals surface area (Å²) in [6.45, 7) is 1.58. The van der Waals surface area contributed by atoms with Gasteiger partial charge in [-0.05, 0) is 37.3 Å². The maximum absolute atomic E-state index is 12.8. The molecule has 104 valence electrons. The van der Waals surface area contributed by atoms with Crippen LogP contribution in [0.2, 0.25) is 5.02 Å². The summed E-state index contributed by atoms with van der Waals surface area (Å²) in [6.07, 6.45) is 1.40. The van der Waals surface area contributed by atoms with E-state index in [2.05, 4.69) is 5.32 Å². The van der Waals surface area contributed by atoms with Gasteiger partial charge in [0.05, 0.1) is 5.02 Å². The molecule has 0 spiro atoms. The van der Waals surface area contributed by atoms with Crippen molar-refractivity contribution in [2.24, 2.45) is 0 Å². The molecule has 2 aromatic rings. The van der Waals surface area contributed by atoms with Crippen LogP contribution >= 0.6 is 11.6 Å². The van der Waals surface area contributed by atoms with Crippen LogP contribution in [-0.2, 0) is 4.79 Å². The summed E-state index contributed by atoms with van der Waals surface area (Å²) in [7, 11) is 0. The normalized spacial score (nSPS) is 11.9. The highest BCUT2D eigenvalue weighted by Gasteiger charge is 2.16. The Hall–Kier alpha value is -2.14. The monoisotopic (exact) mass is 294 g/mol. The van der Waals surface area contributed by atoms with Crippen molar-refractivity contribution in [3.8, 4) is 0 Å². The van der Waals surface area contributed by atoms with Gasteiger partial charge in [0.2, 0.25) is 5.91 Å². The van der Waals surface area contributed by atoms with E-state index in [1.807, 2.05) is 0 Å². The highest BCUT2D eigenvalue weighted by Crippen LogP contribution is 2.13. The first-order valence-corrected chi connectivity index (χ1v) is 6.29. The number of nitrogens with one attached hydrogen (secondary N) is 1. The Kier molecular flexibility index (Phi) is 4.20. The van der Waals surface area contributed by atoms with Gasteiger partial charge < -0.3 is 9.88 Å². The molecule has 0 aliphatic carbocycles. The smallest absolute Gasteiger partial charge is 0.251 e. The van der Waals surface area contributed by atoms with E-state index in [1.165, 1.54) is 47.2 Å². The predicted octanol–water partition coefficient (Wildman–Crippen LogP) is 2.84. The number of benzene rings is 1. The van der Waals surface area contributed by atoms with Gasteiger partial charge in [-0.2, -0.15) is 0 Å². The number of anilines is 1. The molecule has 0 saturated heterocycles. The molecule has 0 bridgehead atoms. The molecule has 6 heteroatoms. The van der Waals surface area contributed by atoms with Gasteiger partial charge in [0.25, 0.3) is 5.56 Å². The van der Waals surface area contributed by atoms with Crippen molar-refractivity contribution in [2.45, 2.75) is 13.0 Å². The maximum atomic E-state index is 12.8. The molecule has 0 radical (unpaired) electrons. The number of nitrogens with zero attached hydrogens (tertiary/aromatic N) is 1.